The van der Waals surface area contributed by atoms with Crippen LogP contribution >= 0.6 is 0 Å². The number of carbonyl (C=O) groups is 2. The summed E-state index contributed by atoms with van der Waals surface area (Å²) in [6.07, 6.45) is 0. The number of aliphatic hydroxyl groups excluding tert-OH is 1. The van der Waals surface area contributed by atoms with Gasteiger partial charge in [0.25, 0.3) is 11.7 Å². The molecule has 1 unspecified atom stereocenters. The molecule has 1 amide bonds. The molecule has 0 aromatic heterocycles. The number of ketones is 1. The molecule has 3 aromatic carbocycles. The number of ether oxygens (including phenoxy) is 2. The fourth-order valence-electron chi connectivity index (χ4n) is 4.27. The number of hydrogen-bond donors (Lipinski definition) is 2. The van der Waals surface area contributed by atoms with Gasteiger partial charge in [-0.15, -0.1) is 0 Å². The van der Waals surface area contributed by atoms with Crippen molar-refractivity contribution in [1.29, 1.82) is 0 Å². The van der Waals surface area contributed by atoms with Crippen LogP contribution in [0.3, 0.4) is 0 Å². The number of aryl methyl sites for hydroxylation is 2. The molecule has 1 fully saturated rings. The van der Waals surface area contributed by atoms with Gasteiger partial charge < -0.3 is 19.7 Å². The highest BCUT2D eigenvalue weighted by Crippen LogP contribution is 2.44. The number of benzene rings is 3. The van der Waals surface area contributed by atoms with Gasteiger partial charge in [0.1, 0.15) is 11.5 Å². The number of Topliss-reactive ketones (excluding diaryl/α,β-unsaturated/α-hetero) is 1. The Morgan fingerprint density at radius 3 is 2.18 bits per heavy atom. The second-order valence-electron chi connectivity index (χ2n) is 8.12. The van der Waals surface area contributed by atoms with Crippen LogP contribution < -0.4 is 14.4 Å². The molecule has 2 N–H and O–H groups in total. The Labute approximate surface area is 197 Å². The van der Waals surface area contributed by atoms with Crippen LogP contribution in [0.25, 0.3) is 5.76 Å². The molecule has 1 heterocycles. The van der Waals surface area contributed by atoms with Gasteiger partial charge >= 0.3 is 0 Å². The van der Waals surface area contributed by atoms with Crippen molar-refractivity contribution in [3.63, 3.8) is 0 Å². The molecule has 0 aliphatic carbocycles. The van der Waals surface area contributed by atoms with E-state index in [2.05, 4.69) is 0 Å². The Kier molecular flexibility index (Phi) is 6.03. The van der Waals surface area contributed by atoms with E-state index in [1.807, 2.05) is 26.0 Å². The Morgan fingerprint density at radius 2 is 1.56 bits per heavy atom. The summed E-state index contributed by atoms with van der Waals surface area (Å²) in [6, 6.07) is 15.7. The summed E-state index contributed by atoms with van der Waals surface area (Å²) in [5, 5.41) is 21.1. The number of nitrogens with zero attached hydrogens (tertiary/aromatic N) is 1. The average Bonchev–Trinajstić information content (AvgIpc) is 3.09. The summed E-state index contributed by atoms with van der Waals surface area (Å²) in [4.78, 5) is 28.0. The van der Waals surface area contributed by atoms with Crippen LogP contribution in [0, 0.1) is 13.8 Å². The zero-order valence-corrected chi connectivity index (χ0v) is 19.3. The Morgan fingerprint density at radius 1 is 0.882 bits per heavy atom. The Hall–Kier alpha value is -4.26. The number of phenols is 1. The summed E-state index contributed by atoms with van der Waals surface area (Å²) in [5.74, 6) is -0.990. The van der Waals surface area contributed by atoms with Crippen molar-refractivity contribution in [3.05, 3.63) is 88.5 Å². The third-order valence-electron chi connectivity index (χ3n) is 5.92. The molecule has 7 heteroatoms. The quantitative estimate of drug-likeness (QED) is 0.328. The molecule has 0 bridgehead atoms. The number of anilines is 1. The van der Waals surface area contributed by atoms with Gasteiger partial charge in [0.15, 0.2) is 11.5 Å². The lowest BCUT2D eigenvalue weighted by atomic mass is 9.94. The first kappa shape index (κ1) is 22.9. The molecule has 4 rings (SSSR count). The molecule has 1 atom stereocenters. The number of carbonyl (C=O) groups excluding carboxylic acids is 2. The van der Waals surface area contributed by atoms with E-state index in [1.165, 1.54) is 31.3 Å². The summed E-state index contributed by atoms with van der Waals surface area (Å²) in [7, 11) is 2.97. The lowest BCUT2D eigenvalue weighted by Crippen LogP contribution is -2.30. The minimum atomic E-state index is -0.893. The highest BCUT2D eigenvalue weighted by Gasteiger charge is 2.47. The summed E-state index contributed by atoms with van der Waals surface area (Å²) in [5.41, 5.74) is 3.22. The number of aliphatic hydroxyl groups is 1. The van der Waals surface area contributed by atoms with E-state index in [0.717, 1.165) is 11.1 Å². The van der Waals surface area contributed by atoms with Crippen molar-refractivity contribution in [2.24, 2.45) is 0 Å². The molecule has 174 valence electrons. The summed E-state index contributed by atoms with van der Waals surface area (Å²) in [6.45, 7) is 3.81. The smallest absolute Gasteiger partial charge is 0.300 e. The monoisotopic (exact) mass is 459 g/mol. The van der Waals surface area contributed by atoms with E-state index in [1.54, 1.807) is 36.4 Å². The van der Waals surface area contributed by atoms with Gasteiger partial charge in [-0.3, -0.25) is 14.5 Å². The van der Waals surface area contributed by atoms with Crippen LogP contribution in [-0.4, -0.2) is 36.1 Å². The van der Waals surface area contributed by atoms with Gasteiger partial charge in [-0.2, -0.15) is 0 Å². The van der Waals surface area contributed by atoms with Crippen LogP contribution in [0.4, 0.5) is 5.69 Å². The predicted molar refractivity (Wildman–Crippen MR) is 128 cm³/mol. The Bertz CT molecular complexity index is 1310. The first-order valence-electron chi connectivity index (χ1n) is 10.7. The number of phenolic OH excluding ortho intramolecular Hbond substituents is 1. The standard InChI is InChI=1S/C27H25NO6/c1-15-5-11-20(16(2)13-15)28-24(17-6-9-19(29)10-7-17)23(26(31)27(28)32)25(30)18-8-12-21(33-3)22(14-18)34-4/h5-14,24,29-30H,1-4H3/b25-23+. The third-order valence-corrected chi connectivity index (χ3v) is 5.92. The van der Waals surface area contributed by atoms with Crippen LogP contribution in [0.2, 0.25) is 0 Å². The molecule has 34 heavy (non-hydrogen) atoms. The highest BCUT2D eigenvalue weighted by molar-refractivity contribution is 6.51. The van der Waals surface area contributed by atoms with Crippen molar-refractivity contribution in [1.82, 2.24) is 0 Å². The maximum atomic E-state index is 13.3. The molecular formula is C27H25NO6. The molecule has 0 saturated carbocycles. The molecule has 1 aliphatic rings. The predicted octanol–water partition coefficient (Wildman–Crippen LogP) is 4.65. The Balaban J connectivity index is 1.96. The number of hydrogen-bond acceptors (Lipinski definition) is 6. The van der Waals surface area contributed by atoms with Crippen molar-refractivity contribution < 1.29 is 29.3 Å². The maximum Gasteiger partial charge on any atom is 0.300 e. The highest BCUT2D eigenvalue weighted by atomic mass is 16.5. The number of rotatable bonds is 5. The number of amides is 1. The molecule has 0 spiro atoms. The van der Waals surface area contributed by atoms with E-state index in [-0.39, 0.29) is 17.1 Å². The third kappa shape index (κ3) is 3.85. The van der Waals surface area contributed by atoms with E-state index in [0.29, 0.717) is 28.3 Å². The lowest BCUT2D eigenvalue weighted by Gasteiger charge is -2.27. The van der Waals surface area contributed by atoms with E-state index < -0.39 is 17.7 Å². The minimum absolute atomic E-state index is 0.0482. The summed E-state index contributed by atoms with van der Waals surface area (Å²) < 4.78 is 10.6. The van der Waals surface area contributed by atoms with E-state index in [9.17, 15) is 19.8 Å². The second kappa shape index (κ2) is 8.94. The molecule has 0 radical (unpaired) electrons. The first-order valence-corrected chi connectivity index (χ1v) is 10.7. The zero-order valence-electron chi connectivity index (χ0n) is 19.3. The fraction of sp³-hybridized carbons (Fsp3) is 0.185. The van der Waals surface area contributed by atoms with Crippen LogP contribution in [0.1, 0.15) is 28.3 Å². The van der Waals surface area contributed by atoms with Gasteiger partial charge in [-0.05, 0) is 61.4 Å². The number of aromatic hydroxyl groups is 1. The molecule has 1 aliphatic heterocycles. The minimum Gasteiger partial charge on any atom is -0.508 e. The van der Waals surface area contributed by atoms with Gasteiger partial charge in [0.05, 0.1) is 25.8 Å². The number of methoxy groups -OCH3 is 2. The first-order chi connectivity index (χ1) is 16.3. The van der Waals surface area contributed by atoms with Crippen molar-refractivity contribution >= 4 is 23.1 Å². The van der Waals surface area contributed by atoms with Crippen LogP contribution in [0.5, 0.6) is 17.2 Å². The largest absolute Gasteiger partial charge is 0.508 e. The maximum absolute atomic E-state index is 13.3. The molecule has 1 saturated heterocycles. The van der Waals surface area contributed by atoms with Crippen LogP contribution in [0.15, 0.2) is 66.2 Å². The van der Waals surface area contributed by atoms with Crippen molar-refractivity contribution in [2.45, 2.75) is 19.9 Å². The molecule has 7 nitrogen and oxygen atoms in total. The normalized spacial score (nSPS) is 17.2. The zero-order chi connectivity index (χ0) is 24.6. The fourth-order valence-corrected chi connectivity index (χ4v) is 4.27. The summed E-state index contributed by atoms with van der Waals surface area (Å²) >= 11 is 0. The average molecular weight is 459 g/mol. The van der Waals surface area contributed by atoms with Gasteiger partial charge in [-0.1, -0.05) is 29.8 Å². The second-order valence-corrected chi connectivity index (χ2v) is 8.12. The van der Waals surface area contributed by atoms with Gasteiger partial charge in [0, 0.05) is 11.3 Å². The van der Waals surface area contributed by atoms with E-state index >= 15 is 0 Å². The van der Waals surface area contributed by atoms with Gasteiger partial charge in [-0.25, -0.2) is 0 Å². The molecular weight excluding hydrogens is 434 g/mol. The lowest BCUT2D eigenvalue weighted by molar-refractivity contribution is -0.132. The van der Waals surface area contributed by atoms with E-state index in [4.69, 9.17) is 9.47 Å². The van der Waals surface area contributed by atoms with Crippen LogP contribution in [-0.2, 0) is 9.59 Å². The topological polar surface area (TPSA) is 96.3 Å². The van der Waals surface area contributed by atoms with Gasteiger partial charge in [0.2, 0.25) is 0 Å². The van der Waals surface area contributed by atoms with Crippen molar-refractivity contribution in [2.75, 3.05) is 19.1 Å². The molecule has 3 aromatic rings. The van der Waals surface area contributed by atoms with Crippen molar-refractivity contribution in [3.8, 4) is 17.2 Å². The SMILES string of the molecule is COc1ccc(/C(O)=C2\C(=O)C(=O)N(c3ccc(C)cc3C)C2c2ccc(O)cc2)cc1OC.